The molecule has 0 aromatic heterocycles. The van der Waals surface area contributed by atoms with Crippen LogP contribution in [-0.2, 0) is 14.8 Å². The summed E-state index contributed by atoms with van der Waals surface area (Å²) in [5, 5.41) is 19.5. The van der Waals surface area contributed by atoms with Crippen molar-refractivity contribution in [3.8, 4) is 16.9 Å². The van der Waals surface area contributed by atoms with Gasteiger partial charge in [-0.25, -0.2) is 8.78 Å². The number of phenolic OH excluding ortho intramolecular Hbond substituents is 1. The number of sulfonamides is 1. The number of hydrazone groups is 2. The third-order valence-electron chi connectivity index (χ3n) is 5.19. The summed E-state index contributed by atoms with van der Waals surface area (Å²) in [7, 11) is -5.65. The van der Waals surface area contributed by atoms with Crippen molar-refractivity contribution in [1.82, 2.24) is 0 Å². The maximum absolute atomic E-state index is 13.6. The summed E-state index contributed by atoms with van der Waals surface area (Å²) in [5.41, 5.74) is -3.24. The van der Waals surface area contributed by atoms with E-state index in [4.69, 9.17) is 0 Å². The number of phenols is 1. The van der Waals surface area contributed by atoms with Crippen LogP contribution in [0.25, 0.3) is 11.1 Å². The van der Waals surface area contributed by atoms with Crippen LogP contribution in [-0.4, -0.2) is 36.4 Å². The molecule has 0 bridgehead atoms. The van der Waals surface area contributed by atoms with E-state index >= 15 is 0 Å². The van der Waals surface area contributed by atoms with E-state index in [-0.39, 0.29) is 33.9 Å². The third kappa shape index (κ3) is 5.13. The van der Waals surface area contributed by atoms with Gasteiger partial charge in [-0.05, 0) is 42.8 Å². The second-order valence-corrected chi connectivity index (χ2v) is 9.48. The van der Waals surface area contributed by atoms with Crippen molar-refractivity contribution in [1.29, 1.82) is 0 Å². The van der Waals surface area contributed by atoms with Gasteiger partial charge in [-0.3, -0.25) is 14.9 Å². The van der Waals surface area contributed by atoms with E-state index < -0.39 is 44.5 Å². The molecule has 15 heteroatoms. The highest BCUT2D eigenvalue weighted by Crippen LogP contribution is 2.37. The van der Waals surface area contributed by atoms with Gasteiger partial charge in [-0.2, -0.15) is 36.8 Å². The molecule has 0 saturated carbocycles. The third-order valence-corrected chi connectivity index (χ3v) is 6.30. The Morgan fingerprint density at radius 2 is 1.71 bits per heavy atom. The molecule has 9 nitrogen and oxygen atoms in total. The first-order valence-corrected chi connectivity index (χ1v) is 12.0. The highest BCUT2D eigenvalue weighted by molar-refractivity contribution is 7.93. The lowest BCUT2D eigenvalue weighted by Gasteiger charge is -2.13. The number of carbonyl (C=O) groups is 1. The Morgan fingerprint density at radius 1 is 1.00 bits per heavy atom. The predicted octanol–water partition coefficient (Wildman–Crippen LogP) is 4.79. The average Bonchev–Trinajstić information content (AvgIpc) is 3.12. The van der Waals surface area contributed by atoms with Crippen LogP contribution in [0.2, 0.25) is 0 Å². The molecule has 0 aliphatic carbocycles. The smallest absolute Gasteiger partial charge is 0.505 e. The Kier molecular flexibility index (Phi) is 6.80. The Morgan fingerprint density at radius 3 is 2.39 bits per heavy atom. The van der Waals surface area contributed by atoms with Crippen molar-refractivity contribution in [2.75, 3.05) is 15.2 Å². The molecule has 0 fully saturated rings. The van der Waals surface area contributed by atoms with Crippen molar-refractivity contribution < 1.29 is 40.3 Å². The maximum Gasteiger partial charge on any atom is 0.516 e. The molecule has 1 aliphatic rings. The molecule has 0 atom stereocenters. The number of alkyl halides is 3. The van der Waals surface area contributed by atoms with Crippen molar-refractivity contribution >= 4 is 44.4 Å². The zero-order valence-electron chi connectivity index (χ0n) is 19.1. The van der Waals surface area contributed by atoms with E-state index in [1.54, 1.807) is 0 Å². The Bertz CT molecular complexity index is 1610. The quantitative estimate of drug-likeness (QED) is 0.230. The minimum Gasteiger partial charge on any atom is -0.505 e. The number of amides is 1. The van der Waals surface area contributed by atoms with Gasteiger partial charge in [0.2, 0.25) is 0 Å². The first-order chi connectivity index (χ1) is 17.8. The zero-order valence-corrected chi connectivity index (χ0v) is 19.9. The first-order valence-electron chi connectivity index (χ1n) is 10.5. The lowest BCUT2D eigenvalue weighted by atomic mass is 10.0. The van der Waals surface area contributed by atoms with Gasteiger partial charge in [0.25, 0.3) is 0 Å². The predicted molar refractivity (Wildman–Crippen MR) is 130 cm³/mol. The number of halogens is 5. The fourth-order valence-electron chi connectivity index (χ4n) is 3.36. The first kappa shape index (κ1) is 26.5. The maximum atomic E-state index is 13.6. The minimum atomic E-state index is -5.65. The summed E-state index contributed by atoms with van der Waals surface area (Å²) >= 11 is 0. The van der Waals surface area contributed by atoms with Crippen molar-refractivity contribution in [2.24, 2.45) is 10.2 Å². The molecule has 198 valence electrons. The molecule has 1 heterocycles. The van der Waals surface area contributed by atoms with Gasteiger partial charge in [0.15, 0.2) is 17.3 Å². The van der Waals surface area contributed by atoms with Gasteiger partial charge in [0, 0.05) is 17.3 Å². The lowest BCUT2D eigenvalue weighted by molar-refractivity contribution is -0.112. The van der Waals surface area contributed by atoms with E-state index in [1.807, 2.05) is 0 Å². The van der Waals surface area contributed by atoms with Crippen LogP contribution in [0.4, 0.5) is 39.0 Å². The molecule has 0 spiro atoms. The summed E-state index contributed by atoms with van der Waals surface area (Å²) in [5.74, 6) is -3.45. The van der Waals surface area contributed by atoms with Crippen LogP contribution >= 0.6 is 0 Å². The van der Waals surface area contributed by atoms with Gasteiger partial charge in [0.1, 0.15) is 5.75 Å². The number of hydrogen-bond acceptors (Lipinski definition) is 7. The number of nitrogens with zero attached hydrogens (tertiary/aromatic N) is 3. The van der Waals surface area contributed by atoms with Gasteiger partial charge >= 0.3 is 21.4 Å². The van der Waals surface area contributed by atoms with Gasteiger partial charge < -0.3 is 5.11 Å². The molecule has 3 aromatic rings. The van der Waals surface area contributed by atoms with E-state index in [0.717, 1.165) is 35.3 Å². The Labute approximate surface area is 211 Å². The molecule has 0 unspecified atom stereocenters. The lowest BCUT2D eigenvalue weighted by Crippen LogP contribution is -2.29. The number of para-hydroxylation sites is 1. The molecule has 4 rings (SSSR count). The van der Waals surface area contributed by atoms with Crippen LogP contribution in [0.15, 0.2) is 70.9 Å². The summed E-state index contributed by atoms with van der Waals surface area (Å²) in [6.07, 6.45) is 0. The highest BCUT2D eigenvalue weighted by atomic mass is 32.2. The molecule has 3 N–H and O–H groups in total. The van der Waals surface area contributed by atoms with Gasteiger partial charge in [-0.15, -0.1) is 0 Å². The number of rotatable bonds is 6. The minimum absolute atomic E-state index is 0.0110. The van der Waals surface area contributed by atoms with Crippen molar-refractivity contribution in [2.45, 2.75) is 12.4 Å². The molecule has 1 aliphatic heterocycles. The van der Waals surface area contributed by atoms with Crippen molar-refractivity contribution in [3.05, 3.63) is 72.3 Å². The summed E-state index contributed by atoms with van der Waals surface area (Å²) < 4.78 is 89.2. The number of aromatic hydroxyl groups is 1. The molecular weight excluding hydrogens is 537 g/mol. The zero-order chi connectivity index (χ0) is 27.8. The van der Waals surface area contributed by atoms with E-state index in [2.05, 4.69) is 15.6 Å². The molecule has 0 saturated heterocycles. The fraction of sp³-hybridized carbons (Fsp3) is 0.0870. The summed E-state index contributed by atoms with van der Waals surface area (Å²) in [6.45, 7) is 1.45. The molecule has 38 heavy (non-hydrogen) atoms. The standard InChI is InChI=1S/C23H16F5N5O4S/c1-12-20(22(35)33(31-12)15-8-9-17(24)18(25)11-15)30-29-19-7-3-6-16(21(19)34)13-4-2-5-14(10-13)32-38(36,37)23(26,27)28/h2-11,29,32,34H,1H3/b30-20-. The van der Waals surface area contributed by atoms with Crippen molar-refractivity contribution in [3.63, 3.8) is 0 Å². The topological polar surface area (TPSA) is 123 Å². The number of nitrogens with one attached hydrogen (secondary N) is 2. The van der Waals surface area contributed by atoms with Crippen LogP contribution in [0.1, 0.15) is 6.92 Å². The largest absolute Gasteiger partial charge is 0.516 e. The highest BCUT2D eigenvalue weighted by Gasteiger charge is 2.46. The van der Waals surface area contributed by atoms with E-state index in [1.165, 1.54) is 42.0 Å². The Balaban J connectivity index is 1.58. The van der Waals surface area contributed by atoms with Crippen LogP contribution in [0, 0.1) is 11.6 Å². The average molecular weight is 553 g/mol. The number of hydrogen-bond donors (Lipinski definition) is 3. The van der Waals surface area contributed by atoms with E-state index in [9.17, 15) is 40.3 Å². The van der Waals surface area contributed by atoms with Crippen LogP contribution in [0.3, 0.4) is 0 Å². The van der Waals surface area contributed by atoms with Gasteiger partial charge in [0.05, 0.1) is 17.1 Å². The molecule has 3 aromatic carbocycles. The second kappa shape index (κ2) is 9.74. The monoisotopic (exact) mass is 553 g/mol. The number of anilines is 3. The summed E-state index contributed by atoms with van der Waals surface area (Å²) in [6, 6.07) is 12.0. The molecule has 1 amide bonds. The number of benzene rings is 3. The Hall–Kier alpha value is -4.53. The molecule has 0 radical (unpaired) electrons. The summed E-state index contributed by atoms with van der Waals surface area (Å²) in [4.78, 5) is 12.8. The van der Waals surface area contributed by atoms with E-state index in [0.29, 0.717) is 0 Å². The van der Waals surface area contributed by atoms with Crippen LogP contribution < -0.4 is 15.2 Å². The number of carbonyl (C=O) groups excluding carboxylic acids is 1. The van der Waals surface area contributed by atoms with Crippen LogP contribution in [0.5, 0.6) is 5.75 Å². The van der Waals surface area contributed by atoms with Gasteiger partial charge in [-0.1, -0.05) is 24.3 Å². The SMILES string of the molecule is CC1=NN(c2ccc(F)c(F)c2)C(=O)/C1=N\Nc1cccc(-c2cccc(NS(=O)(=O)C(F)(F)F)c2)c1O. The molecular formula is C23H16F5N5O4S. The second-order valence-electron chi connectivity index (χ2n) is 7.81. The fourth-order valence-corrected chi connectivity index (χ4v) is 3.92. The normalized spacial score (nSPS) is 15.1.